The lowest BCUT2D eigenvalue weighted by Gasteiger charge is -2.25. The van der Waals surface area contributed by atoms with Crippen LogP contribution in [-0.4, -0.2) is 68.8 Å². The number of carbonyl (C=O) groups excluding carboxylic acids is 4. The molecule has 0 aliphatic carbocycles. The zero-order valence-electron chi connectivity index (χ0n) is 22.9. The van der Waals surface area contributed by atoms with Crippen LogP contribution in [0.4, 0.5) is 0 Å². The maximum atomic E-state index is 13.6. The summed E-state index contributed by atoms with van der Waals surface area (Å²) in [5.74, 6) is -4.11. The Hall–Kier alpha value is -5.04. The van der Waals surface area contributed by atoms with Gasteiger partial charge in [-0.15, -0.1) is 0 Å². The molecule has 0 bridgehead atoms. The van der Waals surface area contributed by atoms with E-state index in [1.54, 1.807) is 30.3 Å². The summed E-state index contributed by atoms with van der Waals surface area (Å²) in [6.45, 7) is 0. The Morgan fingerprint density at radius 1 is 0.762 bits per heavy atom. The lowest BCUT2D eigenvalue weighted by molar-refractivity contribution is -0.142. The van der Waals surface area contributed by atoms with Crippen LogP contribution in [0.2, 0.25) is 0 Å². The van der Waals surface area contributed by atoms with Crippen LogP contribution < -0.4 is 27.4 Å². The molecule has 4 unspecified atom stereocenters. The van der Waals surface area contributed by atoms with E-state index in [0.717, 1.165) is 5.56 Å². The minimum atomic E-state index is -1.41. The highest BCUT2D eigenvalue weighted by Gasteiger charge is 2.31. The average Bonchev–Trinajstić information content (AvgIpc) is 3.48. The highest BCUT2D eigenvalue weighted by Crippen LogP contribution is 2.08. The fraction of sp³-hybridized carbons (Fsp3) is 0.310. The smallest absolute Gasteiger partial charge is 0.326 e. The number of nitrogens with one attached hydrogen (secondary N) is 4. The van der Waals surface area contributed by atoms with Crippen LogP contribution in [0.5, 0.6) is 0 Å². The van der Waals surface area contributed by atoms with Crippen molar-refractivity contribution in [3.8, 4) is 0 Å². The summed E-state index contributed by atoms with van der Waals surface area (Å²) >= 11 is 0. The molecule has 1 heterocycles. The number of hydrogen-bond donors (Lipinski definition) is 7. The first kappa shape index (κ1) is 31.5. The van der Waals surface area contributed by atoms with Gasteiger partial charge >= 0.3 is 5.97 Å². The van der Waals surface area contributed by atoms with Crippen molar-refractivity contribution in [1.29, 1.82) is 0 Å². The molecule has 3 rings (SSSR count). The number of nitrogens with two attached hydrogens (primary N) is 2. The van der Waals surface area contributed by atoms with Gasteiger partial charge in [-0.25, -0.2) is 9.78 Å². The van der Waals surface area contributed by atoms with Crippen molar-refractivity contribution >= 4 is 29.6 Å². The first-order chi connectivity index (χ1) is 20.1. The third-order valence-corrected chi connectivity index (χ3v) is 6.46. The number of carboxylic acid groups (broad SMARTS) is 1. The number of hydrogen-bond acceptors (Lipinski definition) is 7. The fourth-order valence-electron chi connectivity index (χ4n) is 4.21. The van der Waals surface area contributed by atoms with Crippen LogP contribution in [0.15, 0.2) is 73.2 Å². The monoisotopic (exact) mass is 577 g/mol. The van der Waals surface area contributed by atoms with Crippen molar-refractivity contribution in [2.45, 2.75) is 56.3 Å². The molecule has 0 aliphatic heterocycles. The van der Waals surface area contributed by atoms with Gasteiger partial charge in [0.1, 0.15) is 18.1 Å². The summed E-state index contributed by atoms with van der Waals surface area (Å²) in [5.41, 5.74) is 13.4. The molecule has 4 amide bonds. The Bertz CT molecular complexity index is 1340. The van der Waals surface area contributed by atoms with Crippen molar-refractivity contribution in [3.63, 3.8) is 0 Å². The van der Waals surface area contributed by atoms with Crippen molar-refractivity contribution < 1.29 is 29.1 Å². The van der Waals surface area contributed by atoms with E-state index in [1.165, 1.54) is 12.5 Å². The second-order valence-electron chi connectivity index (χ2n) is 9.79. The van der Waals surface area contributed by atoms with E-state index in [9.17, 15) is 29.1 Å². The molecular formula is C29H35N7O6. The molecule has 1 aromatic heterocycles. The number of imidazole rings is 1. The second-order valence-corrected chi connectivity index (χ2v) is 9.79. The molecule has 13 nitrogen and oxygen atoms in total. The van der Waals surface area contributed by atoms with Gasteiger partial charge in [-0.3, -0.25) is 19.2 Å². The number of benzene rings is 2. The molecule has 4 atom stereocenters. The highest BCUT2D eigenvalue weighted by atomic mass is 16.4. The van der Waals surface area contributed by atoms with Crippen molar-refractivity contribution in [2.75, 3.05) is 0 Å². The lowest BCUT2D eigenvalue weighted by Crippen LogP contribution is -2.58. The Labute approximate surface area is 242 Å². The molecule has 2 aromatic carbocycles. The van der Waals surface area contributed by atoms with Crippen LogP contribution in [0, 0.1) is 0 Å². The third-order valence-electron chi connectivity index (χ3n) is 6.46. The fourth-order valence-corrected chi connectivity index (χ4v) is 4.21. The Morgan fingerprint density at radius 2 is 1.29 bits per heavy atom. The molecule has 13 heteroatoms. The van der Waals surface area contributed by atoms with E-state index >= 15 is 0 Å². The summed E-state index contributed by atoms with van der Waals surface area (Å²) in [4.78, 5) is 69.6. The summed E-state index contributed by atoms with van der Waals surface area (Å²) in [6.07, 6.45) is 2.74. The van der Waals surface area contributed by atoms with Gasteiger partial charge in [0, 0.05) is 31.2 Å². The largest absolute Gasteiger partial charge is 0.480 e. The van der Waals surface area contributed by atoms with Crippen LogP contribution in [0.25, 0.3) is 0 Å². The standard InChI is InChI=1S/C29H35N7O6/c30-21(13-18-7-3-1-4-8-18)26(38)35-24(15-20-16-32-17-33-20)28(40)36-23(14-19-9-5-2-6-10-19)27(39)34-22(29(41)42)11-12-25(31)37/h1-10,16-17,21-24H,11-15,30H2,(H2,31,37)(H,32,33)(H,34,39)(H,35,38)(H,36,40)(H,41,42). The van der Waals surface area contributed by atoms with E-state index in [1.807, 2.05) is 30.3 Å². The molecule has 0 saturated heterocycles. The Balaban J connectivity index is 1.79. The van der Waals surface area contributed by atoms with Gasteiger partial charge in [-0.1, -0.05) is 60.7 Å². The number of rotatable bonds is 16. The number of aromatic amines is 1. The number of primary amides is 1. The van der Waals surface area contributed by atoms with Gasteiger partial charge in [0.2, 0.25) is 23.6 Å². The zero-order chi connectivity index (χ0) is 30.5. The average molecular weight is 578 g/mol. The third kappa shape index (κ3) is 10.2. The predicted molar refractivity (Wildman–Crippen MR) is 152 cm³/mol. The first-order valence-electron chi connectivity index (χ1n) is 13.3. The van der Waals surface area contributed by atoms with Crippen LogP contribution in [-0.2, 0) is 43.2 Å². The van der Waals surface area contributed by atoms with E-state index in [4.69, 9.17) is 11.5 Å². The quantitative estimate of drug-likeness (QED) is 0.118. The summed E-state index contributed by atoms with van der Waals surface area (Å²) < 4.78 is 0. The van der Waals surface area contributed by atoms with Gasteiger partial charge in [0.25, 0.3) is 0 Å². The molecule has 42 heavy (non-hydrogen) atoms. The molecule has 0 fully saturated rings. The van der Waals surface area contributed by atoms with Gasteiger partial charge in [0.05, 0.1) is 12.4 Å². The number of aliphatic carboxylic acids is 1. The molecular weight excluding hydrogens is 542 g/mol. The molecule has 0 saturated carbocycles. The topological polar surface area (TPSA) is 222 Å². The minimum Gasteiger partial charge on any atom is -0.480 e. The normalized spacial score (nSPS) is 13.6. The summed E-state index contributed by atoms with van der Waals surface area (Å²) in [6, 6.07) is 13.3. The molecule has 9 N–H and O–H groups in total. The molecule has 3 aromatic rings. The molecule has 0 spiro atoms. The summed E-state index contributed by atoms with van der Waals surface area (Å²) in [7, 11) is 0. The highest BCUT2D eigenvalue weighted by molar-refractivity contribution is 5.94. The molecule has 222 valence electrons. The zero-order valence-corrected chi connectivity index (χ0v) is 22.9. The number of carboxylic acids is 1. The molecule has 0 aliphatic rings. The molecule has 0 radical (unpaired) electrons. The van der Waals surface area contributed by atoms with Gasteiger partial charge < -0.3 is 37.5 Å². The van der Waals surface area contributed by atoms with E-state index in [0.29, 0.717) is 11.3 Å². The van der Waals surface area contributed by atoms with Crippen LogP contribution in [0.1, 0.15) is 29.7 Å². The Morgan fingerprint density at radius 3 is 1.81 bits per heavy atom. The maximum Gasteiger partial charge on any atom is 0.326 e. The van der Waals surface area contributed by atoms with Gasteiger partial charge in [0.15, 0.2) is 0 Å². The SMILES string of the molecule is NC(=O)CCC(NC(=O)C(Cc1ccccc1)NC(=O)C(Cc1cnc[nH]1)NC(=O)C(N)Cc1ccccc1)C(=O)O. The first-order valence-corrected chi connectivity index (χ1v) is 13.3. The second kappa shape index (κ2) is 15.7. The number of carbonyl (C=O) groups is 5. The minimum absolute atomic E-state index is 0.0195. The maximum absolute atomic E-state index is 13.6. The van der Waals surface area contributed by atoms with Crippen molar-refractivity contribution in [2.24, 2.45) is 11.5 Å². The Kier molecular flexibility index (Phi) is 11.7. The van der Waals surface area contributed by atoms with E-state index in [-0.39, 0.29) is 32.1 Å². The number of nitrogens with zero attached hydrogens (tertiary/aromatic N) is 1. The van der Waals surface area contributed by atoms with Gasteiger partial charge in [-0.2, -0.15) is 0 Å². The van der Waals surface area contributed by atoms with E-state index in [2.05, 4.69) is 25.9 Å². The van der Waals surface area contributed by atoms with Crippen LogP contribution in [0.3, 0.4) is 0 Å². The van der Waals surface area contributed by atoms with E-state index < -0.39 is 53.8 Å². The number of amides is 4. The predicted octanol–water partition coefficient (Wildman–Crippen LogP) is -0.431. The van der Waals surface area contributed by atoms with Crippen molar-refractivity contribution in [3.05, 3.63) is 90.0 Å². The van der Waals surface area contributed by atoms with Crippen molar-refractivity contribution in [1.82, 2.24) is 25.9 Å². The number of H-pyrrole nitrogens is 1. The summed E-state index contributed by atoms with van der Waals surface area (Å²) in [5, 5.41) is 17.3. The lowest BCUT2D eigenvalue weighted by atomic mass is 10.0. The van der Waals surface area contributed by atoms with Gasteiger partial charge in [-0.05, 0) is 24.0 Å². The number of aromatic nitrogens is 2. The van der Waals surface area contributed by atoms with Crippen LogP contribution >= 0.6 is 0 Å².